The van der Waals surface area contributed by atoms with Crippen molar-refractivity contribution in [3.63, 3.8) is 0 Å². The van der Waals surface area contributed by atoms with E-state index in [-0.39, 0.29) is 29.2 Å². The predicted molar refractivity (Wildman–Crippen MR) is 94.5 cm³/mol. The van der Waals surface area contributed by atoms with Gasteiger partial charge in [-0.1, -0.05) is 38.2 Å². The standard InChI is InChI=1S/C19H23N3O4/c20-9-10-22-18(24)15(11-12-5-2-1-3-6-12)16-13(17(21)23)7-4-8-14(16)19(25)26/h4,7-8,12,15H,1-3,5-6,10-11H2,(H2,21,23)(H,22,24)(H,25,26)/t15-/m0/s1. The molecule has 1 aliphatic carbocycles. The average molecular weight is 357 g/mol. The van der Waals surface area contributed by atoms with E-state index in [1.807, 2.05) is 6.07 Å². The van der Waals surface area contributed by atoms with Crippen molar-refractivity contribution in [3.8, 4) is 6.07 Å². The molecule has 1 aromatic rings. The van der Waals surface area contributed by atoms with E-state index in [0.29, 0.717) is 6.42 Å². The maximum atomic E-state index is 12.7. The summed E-state index contributed by atoms with van der Waals surface area (Å²) in [5, 5.41) is 20.8. The van der Waals surface area contributed by atoms with Crippen LogP contribution in [0.2, 0.25) is 0 Å². The van der Waals surface area contributed by atoms with Crippen LogP contribution in [-0.4, -0.2) is 29.4 Å². The van der Waals surface area contributed by atoms with Crippen molar-refractivity contribution in [2.24, 2.45) is 11.7 Å². The molecule has 1 atom stereocenters. The molecule has 26 heavy (non-hydrogen) atoms. The summed E-state index contributed by atoms with van der Waals surface area (Å²) in [6.45, 7) is -0.179. The van der Waals surface area contributed by atoms with Gasteiger partial charge in [-0.2, -0.15) is 5.26 Å². The molecule has 4 N–H and O–H groups in total. The Morgan fingerprint density at radius 2 is 1.88 bits per heavy atom. The first-order valence-corrected chi connectivity index (χ1v) is 8.76. The van der Waals surface area contributed by atoms with Gasteiger partial charge >= 0.3 is 5.97 Å². The van der Waals surface area contributed by atoms with Crippen molar-refractivity contribution in [2.75, 3.05) is 6.54 Å². The van der Waals surface area contributed by atoms with Crippen molar-refractivity contribution in [2.45, 2.75) is 44.4 Å². The highest BCUT2D eigenvalue weighted by molar-refractivity contribution is 6.02. The molecule has 138 valence electrons. The highest BCUT2D eigenvalue weighted by Gasteiger charge is 2.32. The van der Waals surface area contributed by atoms with Crippen molar-refractivity contribution < 1.29 is 19.5 Å². The van der Waals surface area contributed by atoms with E-state index < -0.39 is 23.7 Å². The van der Waals surface area contributed by atoms with Gasteiger partial charge in [-0.25, -0.2) is 4.79 Å². The monoisotopic (exact) mass is 357 g/mol. The van der Waals surface area contributed by atoms with E-state index >= 15 is 0 Å². The average Bonchev–Trinajstić information content (AvgIpc) is 2.64. The lowest BCUT2D eigenvalue weighted by atomic mass is 9.78. The number of nitrogens with two attached hydrogens (primary N) is 1. The lowest BCUT2D eigenvalue weighted by molar-refractivity contribution is -0.122. The first kappa shape index (κ1) is 19.4. The third kappa shape index (κ3) is 4.60. The van der Waals surface area contributed by atoms with E-state index in [0.717, 1.165) is 32.1 Å². The highest BCUT2D eigenvalue weighted by Crippen LogP contribution is 2.36. The van der Waals surface area contributed by atoms with Crippen LogP contribution in [0.15, 0.2) is 18.2 Å². The molecule has 1 aliphatic rings. The number of rotatable bonds is 7. The van der Waals surface area contributed by atoms with Crippen LogP contribution >= 0.6 is 0 Å². The van der Waals surface area contributed by atoms with Crippen LogP contribution in [0.5, 0.6) is 0 Å². The number of carbonyl (C=O) groups excluding carboxylic acids is 2. The summed E-state index contributed by atoms with van der Waals surface area (Å²) in [6.07, 6.45) is 5.65. The van der Waals surface area contributed by atoms with Gasteiger partial charge in [-0.15, -0.1) is 0 Å². The minimum absolute atomic E-state index is 0.0396. The van der Waals surface area contributed by atoms with Gasteiger partial charge in [0.2, 0.25) is 11.8 Å². The lowest BCUT2D eigenvalue weighted by Crippen LogP contribution is -2.33. The second-order valence-corrected chi connectivity index (χ2v) is 6.60. The number of amides is 2. The van der Waals surface area contributed by atoms with Crippen molar-refractivity contribution >= 4 is 17.8 Å². The molecule has 2 amide bonds. The topological polar surface area (TPSA) is 133 Å². The Bertz CT molecular complexity index is 701. The Balaban J connectivity index is 2.49. The minimum atomic E-state index is -1.22. The second-order valence-electron chi connectivity index (χ2n) is 6.60. The Labute approximate surface area is 152 Å². The minimum Gasteiger partial charge on any atom is -0.478 e. The molecule has 0 unspecified atom stereocenters. The molecule has 1 fully saturated rings. The Kier molecular flexibility index (Phi) is 6.73. The summed E-state index contributed by atoms with van der Waals surface area (Å²) in [5.74, 6) is -3.01. The zero-order valence-corrected chi connectivity index (χ0v) is 14.5. The summed E-state index contributed by atoms with van der Waals surface area (Å²) >= 11 is 0. The van der Waals surface area contributed by atoms with Gasteiger partial charge in [-0.3, -0.25) is 9.59 Å². The van der Waals surface area contributed by atoms with E-state index in [4.69, 9.17) is 11.0 Å². The van der Waals surface area contributed by atoms with Gasteiger partial charge in [0.25, 0.3) is 0 Å². The van der Waals surface area contributed by atoms with Gasteiger partial charge in [0.1, 0.15) is 6.54 Å². The van der Waals surface area contributed by atoms with Crippen LogP contribution in [-0.2, 0) is 4.79 Å². The number of primary amides is 1. The van der Waals surface area contributed by atoms with Crippen LogP contribution in [0.25, 0.3) is 0 Å². The Hall–Kier alpha value is -2.88. The second kappa shape index (κ2) is 8.99. The van der Waals surface area contributed by atoms with Gasteiger partial charge in [0.05, 0.1) is 17.6 Å². The number of nitriles is 1. The number of carboxylic acid groups (broad SMARTS) is 1. The van der Waals surface area contributed by atoms with Crippen molar-refractivity contribution in [1.82, 2.24) is 5.32 Å². The fourth-order valence-corrected chi connectivity index (χ4v) is 3.70. The molecule has 0 aliphatic heterocycles. The first-order chi connectivity index (χ1) is 12.5. The van der Waals surface area contributed by atoms with Gasteiger partial charge in [0.15, 0.2) is 0 Å². The number of nitrogens with zero attached hydrogens (tertiary/aromatic N) is 1. The maximum Gasteiger partial charge on any atom is 0.336 e. The smallest absolute Gasteiger partial charge is 0.336 e. The number of hydrogen-bond acceptors (Lipinski definition) is 4. The SMILES string of the molecule is N#CCNC(=O)[C@@H](CC1CCCCC1)c1c(C(N)=O)cccc1C(=O)O. The van der Waals surface area contributed by atoms with Crippen LogP contribution in [0.3, 0.4) is 0 Å². The lowest BCUT2D eigenvalue weighted by Gasteiger charge is -2.27. The molecule has 1 aromatic carbocycles. The summed E-state index contributed by atoms with van der Waals surface area (Å²) in [5.41, 5.74) is 5.52. The summed E-state index contributed by atoms with van der Waals surface area (Å²) < 4.78 is 0. The van der Waals surface area contributed by atoms with E-state index in [9.17, 15) is 19.5 Å². The van der Waals surface area contributed by atoms with E-state index in [1.54, 1.807) is 0 Å². The van der Waals surface area contributed by atoms with Crippen LogP contribution in [0, 0.1) is 17.2 Å². The highest BCUT2D eigenvalue weighted by atomic mass is 16.4. The quantitative estimate of drug-likeness (QED) is 0.643. The molecule has 0 bridgehead atoms. The summed E-state index contributed by atoms with van der Waals surface area (Å²) in [4.78, 5) is 36.3. The molecular weight excluding hydrogens is 334 g/mol. The molecule has 7 nitrogen and oxygen atoms in total. The summed E-state index contributed by atoms with van der Waals surface area (Å²) in [6, 6.07) is 6.10. The van der Waals surface area contributed by atoms with Crippen molar-refractivity contribution in [1.29, 1.82) is 5.26 Å². The van der Waals surface area contributed by atoms with Gasteiger partial charge < -0.3 is 16.2 Å². The first-order valence-electron chi connectivity index (χ1n) is 8.76. The maximum absolute atomic E-state index is 12.7. The van der Waals surface area contributed by atoms with Crippen LogP contribution < -0.4 is 11.1 Å². The molecule has 0 aromatic heterocycles. The molecular formula is C19H23N3O4. The fourth-order valence-electron chi connectivity index (χ4n) is 3.70. The molecule has 1 saturated carbocycles. The number of carbonyl (C=O) groups is 3. The molecule has 0 spiro atoms. The van der Waals surface area contributed by atoms with Crippen LogP contribution in [0.1, 0.15) is 70.7 Å². The molecule has 2 rings (SSSR count). The van der Waals surface area contributed by atoms with Crippen LogP contribution in [0.4, 0.5) is 0 Å². The molecule has 0 radical (unpaired) electrons. The number of hydrogen-bond donors (Lipinski definition) is 3. The number of aromatic carboxylic acids is 1. The van der Waals surface area contributed by atoms with E-state index in [1.165, 1.54) is 18.2 Å². The number of carboxylic acids is 1. The normalized spacial score (nSPS) is 15.7. The zero-order valence-electron chi connectivity index (χ0n) is 14.5. The Morgan fingerprint density at radius 1 is 1.23 bits per heavy atom. The predicted octanol–water partition coefficient (Wildman–Crippen LogP) is 2.18. The fraction of sp³-hybridized carbons (Fsp3) is 0.474. The summed E-state index contributed by atoms with van der Waals surface area (Å²) in [7, 11) is 0. The van der Waals surface area contributed by atoms with Crippen molar-refractivity contribution in [3.05, 3.63) is 34.9 Å². The third-order valence-electron chi connectivity index (χ3n) is 4.90. The Morgan fingerprint density at radius 3 is 2.46 bits per heavy atom. The number of benzene rings is 1. The van der Waals surface area contributed by atoms with Gasteiger partial charge in [-0.05, 0) is 30.0 Å². The third-order valence-corrected chi connectivity index (χ3v) is 4.90. The number of nitrogens with one attached hydrogen (secondary N) is 1. The molecule has 0 saturated heterocycles. The molecule has 7 heteroatoms. The van der Waals surface area contributed by atoms with E-state index in [2.05, 4.69) is 5.32 Å². The largest absolute Gasteiger partial charge is 0.478 e. The van der Waals surface area contributed by atoms with Gasteiger partial charge in [0, 0.05) is 5.56 Å². The zero-order chi connectivity index (χ0) is 19.1. The molecule has 0 heterocycles.